The number of carbonyl (C=O) groups excluding carboxylic acids is 1. The predicted octanol–water partition coefficient (Wildman–Crippen LogP) is 3.96. The average molecular weight is 321 g/mol. The second kappa shape index (κ2) is 6.87. The van der Waals surface area contributed by atoms with Crippen LogP contribution in [0, 0.1) is 5.92 Å². The number of hydrogen-bond donors (Lipinski definition) is 0. The van der Waals surface area contributed by atoms with Crippen molar-refractivity contribution >= 4 is 16.8 Å². The summed E-state index contributed by atoms with van der Waals surface area (Å²) in [5.41, 5.74) is 2.90. The maximum atomic E-state index is 13.0. The van der Waals surface area contributed by atoms with Gasteiger partial charge in [0.05, 0.1) is 5.56 Å². The lowest BCUT2D eigenvalue weighted by Crippen LogP contribution is -2.26. The molecule has 0 unspecified atom stereocenters. The molecule has 0 aliphatic heterocycles. The average Bonchev–Trinajstić information content (AvgIpc) is 2.93. The van der Waals surface area contributed by atoms with E-state index in [0.29, 0.717) is 12.5 Å². The van der Waals surface area contributed by atoms with Crippen LogP contribution < -0.4 is 0 Å². The molecule has 24 heavy (non-hydrogen) atoms. The number of rotatable bonds is 5. The van der Waals surface area contributed by atoms with Gasteiger partial charge in [-0.25, -0.2) is 0 Å². The Labute approximate surface area is 142 Å². The minimum absolute atomic E-state index is 0.0394. The van der Waals surface area contributed by atoms with Gasteiger partial charge in [-0.2, -0.15) is 0 Å². The Bertz CT molecular complexity index is 836. The van der Waals surface area contributed by atoms with E-state index in [2.05, 4.69) is 29.5 Å². The molecule has 1 aromatic carbocycles. The second-order valence-electron chi connectivity index (χ2n) is 6.63. The largest absolute Gasteiger partial charge is 0.346 e. The molecule has 0 aliphatic carbocycles. The Morgan fingerprint density at radius 2 is 2.00 bits per heavy atom. The van der Waals surface area contributed by atoms with Crippen molar-refractivity contribution in [1.82, 2.24) is 14.5 Å². The van der Waals surface area contributed by atoms with Crippen LogP contribution in [-0.2, 0) is 13.1 Å². The SMILES string of the molecule is CC(C)Cn1cc(C(=O)N(C)Cc2cccnc2)c2ccccc21. The summed E-state index contributed by atoms with van der Waals surface area (Å²) in [6.45, 7) is 5.83. The molecule has 1 amide bonds. The molecule has 0 fully saturated rings. The van der Waals surface area contributed by atoms with Gasteiger partial charge in [0.1, 0.15) is 0 Å². The van der Waals surface area contributed by atoms with Crippen LogP contribution in [0.4, 0.5) is 0 Å². The molecule has 0 aliphatic rings. The fourth-order valence-electron chi connectivity index (χ4n) is 3.00. The lowest BCUT2D eigenvalue weighted by atomic mass is 10.1. The highest BCUT2D eigenvalue weighted by molar-refractivity contribution is 6.06. The summed E-state index contributed by atoms with van der Waals surface area (Å²) < 4.78 is 2.19. The van der Waals surface area contributed by atoms with E-state index >= 15 is 0 Å². The van der Waals surface area contributed by atoms with Crippen molar-refractivity contribution in [2.75, 3.05) is 7.05 Å². The van der Waals surface area contributed by atoms with Crippen molar-refractivity contribution in [2.45, 2.75) is 26.9 Å². The van der Waals surface area contributed by atoms with Gasteiger partial charge in [-0.15, -0.1) is 0 Å². The molecule has 0 atom stereocenters. The minimum Gasteiger partial charge on any atom is -0.346 e. The van der Waals surface area contributed by atoms with E-state index in [1.807, 2.05) is 43.6 Å². The summed E-state index contributed by atoms with van der Waals surface area (Å²) in [5.74, 6) is 0.564. The highest BCUT2D eigenvalue weighted by Crippen LogP contribution is 2.24. The van der Waals surface area contributed by atoms with E-state index in [0.717, 1.165) is 28.6 Å². The lowest BCUT2D eigenvalue weighted by Gasteiger charge is -2.16. The molecule has 0 spiro atoms. The molecule has 2 aromatic heterocycles. The van der Waals surface area contributed by atoms with Crippen LogP contribution in [-0.4, -0.2) is 27.4 Å². The quantitative estimate of drug-likeness (QED) is 0.713. The van der Waals surface area contributed by atoms with Crippen LogP contribution in [0.2, 0.25) is 0 Å². The van der Waals surface area contributed by atoms with Crippen LogP contribution in [0.3, 0.4) is 0 Å². The number of para-hydroxylation sites is 1. The molecule has 0 N–H and O–H groups in total. The van der Waals surface area contributed by atoms with Gasteiger partial charge in [-0.3, -0.25) is 9.78 Å². The topological polar surface area (TPSA) is 38.1 Å². The van der Waals surface area contributed by atoms with Crippen molar-refractivity contribution in [3.8, 4) is 0 Å². The summed E-state index contributed by atoms with van der Waals surface area (Å²) >= 11 is 0. The highest BCUT2D eigenvalue weighted by atomic mass is 16.2. The fraction of sp³-hybridized carbons (Fsp3) is 0.300. The molecule has 0 radical (unpaired) electrons. The van der Waals surface area contributed by atoms with E-state index in [9.17, 15) is 4.79 Å². The van der Waals surface area contributed by atoms with E-state index < -0.39 is 0 Å². The third-order valence-corrected chi connectivity index (χ3v) is 4.07. The van der Waals surface area contributed by atoms with E-state index in [1.54, 1.807) is 17.3 Å². The summed E-state index contributed by atoms with van der Waals surface area (Å²) in [4.78, 5) is 18.8. The molecule has 2 heterocycles. The molecule has 4 heteroatoms. The van der Waals surface area contributed by atoms with Gasteiger partial charge < -0.3 is 9.47 Å². The van der Waals surface area contributed by atoms with Crippen LogP contribution >= 0.6 is 0 Å². The molecule has 3 rings (SSSR count). The van der Waals surface area contributed by atoms with Gasteiger partial charge in [0.15, 0.2) is 0 Å². The monoisotopic (exact) mass is 321 g/mol. The molecular weight excluding hydrogens is 298 g/mol. The summed E-state index contributed by atoms with van der Waals surface area (Å²) in [6.07, 6.45) is 5.53. The molecule has 3 aromatic rings. The zero-order valence-corrected chi connectivity index (χ0v) is 14.4. The van der Waals surface area contributed by atoms with Gasteiger partial charge in [0.25, 0.3) is 5.91 Å². The number of pyridine rings is 1. The van der Waals surface area contributed by atoms with Crippen molar-refractivity contribution in [3.05, 3.63) is 66.1 Å². The molecule has 124 valence electrons. The summed E-state index contributed by atoms with van der Waals surface area (Å²) in [5, 5.41) is 1.01. The Morgan fingerprint density at radius 1 is 1.21 bits per heavy atom. The van der Waals surface area contributed by atoms with Crippen molar-refractivity contribution < 1.29 is 4.79 Å². The first-order valence-electron chi connectivity index (χ1n) is 8.28. The van der Waals surface area contributed by atoms with E-state index in [1.165, 1.54) is 0 Å². The standard InChI is InChI=1S/C20H23N3O/c1-15(2)12-23-14-18(17-8-4-5-9-19(17)23)20(24)22(3)13-16-7-6-10-21-11-16/h4-11,14-15H,12-13H2,1-3H3. The number of carbonyl (C=O) groups is 1. The molecule has 0 saturated carbocycles. The highest BCUT2D eigenvalue weighted by Gasteiger charge is 2.18. The zero-order valence-electron chi connectivity index (χ0n) is 14.4. The smallest absolute Gasteiger partial charge is 0.256 e. The predicted molar refractivity (Wildman–Crippen MR) is 96.8 cm³/mol. The minimum atomic E-state index is 0.0394. The Kier molecular flexibility index (Phi) is 4.65. The molecule has 0 bridgehead atoms. The Balaban J connectivity index is 1.92. The molecule has 0 saturated heterocycles. The number of hydrogen-bond acceptors (Lipinski definition) is 2. The maximum Gasteiger partial charge on any atom is 0.256 e. The Morgan fingerprint density at radius 3 is 2.71 bits per heavy atom. The Hall–Kier alpha value is -2.62. The fourth-order valence-corrected chi connectivity index (χ4v) is 3.00. The van der Waals surface area contributed by atoms with Crippen LogP contribution in [0.1, 0.15) is 29.8 Å². The normalized spacial score (nSPS) is 11.2. The number of benzene rings is 1. The van der Waals surface area contributed by atoms with Gasteiger partial charge in [-0.05, 0) is 23.6 Å². The number of fused-ring (bicyclic) bond motifs is 1. The van der Waals surface area contributed by atoms with Gasteiger partial charge in [0, 0.05) is 49.6 Å². The van der Waals surface area contributed by atoms with Crippen LogP contribution in [0.25, 0.3) is 10.9 Å². The van der Waals surface area contributed by atoms with Gasteiger partial charge in [-0.1, -0.05) is 38.1 Å². The van der Waals surface area contributed by atoms with Crippen LogP contribution in [0.5, 0.6) is 0 Å². The van der Waals surface area contributed by atoms with Gasteiger partial charge in [0.2, 0.25) is 0 Å². The number of amides is 1. The summed E-state index contributed by atoms with van der Waals surface area (Å²) in [7, 11) is 1.84. The summed E-state index contributed by atoms with van der Waals surface area (Å²) in [6, 6.07) is 12.0. The van der Waals surface area contributed by atoms with Crippen molar-refractivity contribution in [3.63, 3.8) is 0 Å². The van der Waals surface area contributed by atoms with E-state index in [4.69, 9.17) is 0 Å². The van der Waals surface area contributed by atoms with Gasteiger partial charge >= 0.3 is 0 Å². The third kappa shape index (κ3) is 3.32. The van der Waals surface area contributed by atoms with Crippen molar-refractivity contribution in [2.24, 2.45) is 5.92 Å². The third-order valence-electron chi connectivity index (χ3n) is 4.07. The maximum absolute atomic E-state index is 13.0. The zero-order chi connectivity index (χ0) is 17.1. The van der Waals surface area contributed by atoms with Crippen LogP contribution in [0.15, 0.2) is 55.0 Å². The first-order chi connectivity index (χ1) is 11.6. The molecule has 4 nitrogen and oxygen atoms in total. The number of aromatic nitrogens is 2. The molecular formula is C20H23N3O. The first-order valence-corrected chi connectivity index (χ1v) is 8.28. The lowest BCUT2D eigenvalue weighted by molar-refractivity contribution is 0.0786. The second-order valence-corrected chi connectivity index (χ2v) is 6.63. The van der Waals surface area contributed by atoms with Crippen molar-refractivity contribution in [1.29, 1.82) is 0 Å². The number of nitrogens with zero attached hydrogens (tertiary/aromatic N) is 3. The first kappa shape index (κ1) is 16.2. The van der Waals surface area contributed by atoms with E-state index in [-0.39, 0.29) is 5.91 Å².